The van der Waals surface area contributed by atoms with Crippen LogP contribution in [0.3, 0.4) is 0 Å². The Bertz CT molecular complexity index is 1380. The lowest BCUT2D eigenvalue weighted by molar-refractivity contribution is -0.132. The summed E-state index contributed by atoms with van der Waals surface area (Å²) in [5.74, 6) is 1.03. The van der Waals surface area contributed by atoms with Crippen molar-refractivity contribution in [1.29, 1.82) is 0 Å². The molecule has 1 aliphatic rings. The molecular weight excluding hydrogens is 466 g/mol. The molecule has 0 N–H and O–H groups in total. The first-order chi connectivity index (χ1) is 17.0. The van der Waals surface area contributed by atoms with Gasteiger partial charge in [-0.15, -0.1) is 0 Å². The molecule has 0 radical (unpaired) electrons. The van der Waals surface area contributed by atoms with Crippen molar-refractivity contribution in [1.82, 2.24) is 24.6 Å². The minimum atomic E-state index is -0.0574. The number of likely N-dealkylation sites (tertiary alicyclic amines) is 1. The van der Waals surface area contributed by atoms with Crippen LogP contribution < -0.4 is 9.47 Å². The van der Waals surface area contributed by atoms with Crippen molar-refractivity contribution >= 4 is 28.4 Å². The Morgan fingerprint density at radius 2 is 1.94 bits per heavy atom. The van der Waals surface area contributed by atoms with E-state index in [1.54, 1.807) is 18.6 Å². The maximum Gasteiger partial charge on any atom is 0.260 e. The van der Waals surface area contributed by atoms with E-state index < -0.39 is 0 Å². The molecule has 1 fully saturated rings. The zero-order valence-corrected chi connectivity index (χ0v) is 20.5. The van der Waals surface area contributed by atoms with Crippen LogP contribution in [0.2, 0.25) is 5.02 Å². The van der Waals surface area contributed by atoms with Crippen molar-refractivity contribution in [3.05, 3.63) is 65.2 Å². The maximum absolute atomic E-state index is 12.4. The summed E-state index contributed by atoms with van der Waals surface area (Å²) < 4.78 is 13.9. The smallest absolute Gasteiger partial charge is 0.260 e. The number of para-hydroxylation sites is 1. The number of ether oxygens (including phenoxy) is 2. The number of rotatable bonds is 7. The first-order valence-electron chi connectivity index (χ1n) is 11.6. The second kappa shape index (κ2) is 9.92. The highest BCUT2D eigenvalue weighted by Crippen LogP contribution is 2.34. The fraction of sp³-hybridized carbons (Fsp3) is 0.308. The topological polar surface area (TPSA) is 82.4 Å². The van der Waals surface area contributed by atoms with E-state index in [0.29, 0.717) is 22.1 Å². The SMILES string of the molecule is Cc1cc(-c2ccnn2C)c2cccc(OCc3c(Cl)cncc3OCC(=O)N3CCCC3)c2n1. The van der Waals surface area contributed by atoms with Crippen molar-refractivity contribution in [3.63, 3.8) is 0 Å². The van der Waals surface area contributed by atoms with Gasteiger partial charge in [0.25, 0.3) is 5.91 Å². The molecule has 0 aliphatic carbocycles. The largest absolute Gasteiger partial charge is 0.486 e. The van der Waals surface area contributed by atoms with E-state index in [1.165, 1.54) is 0 Å². The van der Waals surface area contributed by atoms with Crippen molar-refractivity contribution in [3.8, 4) is 22.8 Å². The highest BCUT2D eigenvalue weighted by molar-refractivity contribution is 6.31. The molecule has 8 nitrogen and oxygen atoms in total. The number of carbonyl (C=O) groups is 1. The predicted molar refractivity (Wildman–Crippen MR) is 134 cm³/mol. The van der Waals surface area contributed by atoms with Gasteiger partial charge in [0.15, 0.2) is 6.61 Å². The fourth-order valence-corrected chi connectivity index (χ4v) is 4.58. The van der Waals surface area contributed by atoms with E-state index in [4.69, 9.17) is 26.1 Å². The number of halogens is 1. The van der Waals surface area contributed by atoms with E-state index in [0.717, 1.165) is 53.8 Å². The van der Waals surface area contributed by atoms with E-state index in [1.807, 2.05) is 53.9 Å². The lowest BCUT2D eigenvalue weighted by Gasteiger charge is -2.17. The summed E-state index contributed by atoms with van der Waals surface area (Å²) >= 11 is 6.45. The average molecular weight is 492 g/mol. The van der Waals surface area contributed by atoms with Crippen LogP contribution in [0.1, 0.15) is 24.1 Å². The molecule has 0 bridgehead atoms. The van der Waals surface area contributed by atoms with Gasteiger partial charge in [-0.05, 0) is 38.0 Å². The summed E-state index contributed by atoms with van der Waals surface area (Å²) in [5.41, 5.74) is 4.28. The van der Waals surface area contributed by atoms with Gasteiger partial charge in [0.2, 0.25) is 0 Å². The number of carbonyl (C=O) groups excluding carboxylic acids is 1. The molecular formula is C26H26ClN5O3. The molecule has 0 saturated carbocycles. The third kappa shape index (κ3) is 4.79. The molecule has 1 amide bonds. The fourth-order valence-electron chi connectivity index (χ4n) is 4.37. The van der Waals surface area contributed by atoms with Crippen LogP contribution in [0.25, 0.3) is 22.2 Å². The number of benzene rings is 1. The number of aryl methyl sites for hydroxylation is 2. The zero-order chi connectivity index (χ0) is 24.4. The Morgan fingerprint density at radius 1 is 1.11 bits per heavy atom. The molecule has 0 spiro atoms. The van der Waals surface area contributed by atoms with Crippen LogP contribution in [0.4, 0.5) is 0 Å². The maximum atomic E-state index is 12.4. The first kappa shape index (κ1) is 23.1. The summed E-state index contributed by atoms with van der Waals surface area (Å²) in [7, 11) is 1.92. The Hall–Kier alpha value is -3.65. The number of nitrogens with zero attached hydrogens (tertiary/aromatic N) is 5. The lowest BCUT2D eigenvalue weighted by atomic mass is 10.0. The number of amides is 1. The van der Waals surface area contributed by atoms with Gasteiger partial charge in [-0.2, -0.15) is 5.10 Å². The van der Waals surface area contributed by atoms with Gasteiger partial charge >= 0.3 is 0 Å². The minimum Gasteiger partial charge on any atom is -0.486 e. The summed E-state index contributed by atoms with van der Waals surface area (Å²) in [5, 5.41) is 5.68. The van der Waals surface area contributed by atoms with Gasteiger partial charge in [0.05, 0.1) is 22.5 Å². The summed E-state index contributed by atoms with van der Waals surface area (Å²) in [6.07, 6.45) is 6.95. The molecule has 0 unspecified atom stereocenters. The predicted octanol–water partition coefficient (Wildman–Crippen LogP) is 4.57. The van der Waals surface area contributed by atoms with Gasteiger partial charge < -0.3 is 14.4 Å². The monoisotopic (exact) mass is 491 g/mol. The molecule has 4 aromatic rings. The van der Waals surface area contributed by atoms with Crippen LogP contribution in [-0.4, -0.2) is 50.3 Å². The van der Waals surface area contributed by atoms with E-state index >= 15 is 0 Å². The third-order valence-electron chi connectivity index (χ3n) is 6.17. The quantitative estimate of drug-likeness (QED) is 0.376. The second-order valence-corrected chi connectivity index (χ2v) is 8.97. The number of hydrogen-bond donors (Lipinski definition) is 0. The standard InChI is InChI=1S/C26H26ClN5O3/c1-17-12-19(22-8-9-29-31(22)2)18-6-5-7-23(26(18)30-17)34-15-20-21(27)13-28-14-24(20)35-16-25(33)32-10-3-4-11-32/h5-9,12-14H,3-4,10-11,15-16H2,1-2H3. The van der Waals surface area contributed by atoms with Gasteiger partial charge in [-0.25, -0.2) is 4.98 Å². The van der Waals surface area contributed by atoms with Crippen LogP contribution in [0.15, 0.2) is 48.9 Å². The van der Waals surface area contributed by atoms with Gasteiger partial charge in [-0.1, -0.05) is 23.7 Å². The molecule has 1 aliphatic heterocycles. The third-order valence-corrected chi connectivity index (χ3v) is 6.50. The normalized spacial score (nSPS) is 13.4. The Labute approximate surface area is 208 Å². The van der Waals surface area contributed by atoms with E-state index in [9.17, 15) is 4.79 Å². The average Bonchev–Trinajstić information content (AvgIpc) is 3.54. The van der Waals surface area contributed by atoms with Gasteiger partial charge in [0, 0.05) is 49.2 Å². The van der Waals surface area contributed by atoms with Crippen LogP contribution in [-0.2, 0) is 18.4 Å². The summed E-state index contributed by atoms with van der Waals surface area (Å²) in [4.78, 5) is 23.1. The number of hydrogen-bond acceptors (Lipinski definition) is 6. The highest BCUT2D eigenvalue weighted by Gasteiger charge is 2.20. The molecule has 35 heavy (non-hydrogen) atoms. The zero-order valence-electron chi connectivity index (χ0n) is 19.7. The van der Waals surface area contributed by atoms with Crippen LogP contribution in [0, 0.1) is 6.92 Å². The van der Waals surface area contributed by atoms with Crippen LogP contribution >= 0.6 is 11.6 Å². The number of fused-ring (bicyclic) bond motifs is 1. The lowest BCUT2D eigenvalue weighted by Crippen LogP contribution is -2.32. The first-order valence-corrected chi connectivity index (χ1v) is 11.9. The van der Waals surface area contributed by atoms with Crippen molar-refractivity contribution in [2.75, 3.05) is 19.7 Å². The number of pyridine rings is 2. The van der Waals surface area contributed by atoms with E-state index in [2.05, 4.69) is 10.1 Å². The molecule has 1 aromatic carbocycles. The van der Waals surface area contributed by atoms with Crippen molar-refractivity contribution in [2.45, 2.75) is 26.4 Å². The Kier molecular flexibility index (Phi) is 6.55. The number of aromatic nitrogens is 4. The molecule has 4 heterocycles. The molecule has 180 valence electrons. The molecule has 5 rings (SSSR count). The molecule has 9 heteroatoms. The van der Waals surface area contributed by atoms with Crippen molar-refractivity contribution < 1.29 is 14.3 Å². The minimum absolute atomic E-state index is 0.0363. The van der Waals surface area contributed by atoms with E-state index in [-0.39, 0.29) is 19.1 Å². The van der Waals surface area contributed by atoms with Crippen molar-refractivity contribution in [2.24, 2.45) is 7.05 Å². The van der Waals surface area contributed by atoms with Crippen LogP contribution in [0.5, 0.6) is 11.5 Å². The molecule has 3 aromatic heterocycles. The molecule has 0 atom stereocenters. The Morgan fingerprint density at radius 3 is 2.71 bits per heavy atom. The Balaban J connectivity index is 1.40. The highest BCUT2D eigenvalue weighted by atomic mass is 35.5. The van der Waals surface area contributed by atoms with Gasteiger partial charge in [-0.3, -0.25) is 14.5 Å². The summed E-state index contributed by atoms with van der Waals surface area (Å²) in [6, 6.07) is 9.87. The molecule has 1 saturated heterocycles. The van der Waals surface area contributed by atoms with Gasteiger partial charge in [0.1, 0.15) is 23.6 Å². The summed E-state index contributed by atoms with van der Waals surface area (Å²) in [6.45, 7) is 3.60. The second-order valence-electron chi connectivity index (χ2n) is 8.57.